The highest BCUT2D eigenvalue weighted by molar-refractivity contribution is 7.98. The zero-order valence-electron chi connectivity index (χ0n) is 10.2. The Morgan fingerprint density at radius 2 is 1.75 bits per heavy atom. The molecule has 0 radical (unpaired) electrons. The molecule has 0 aliphatic heterocycles. The lowest BCUT2D eigenvalue weighted by Gasteiger charge is -2.10. The average molecular weight is 334 g/mol. The van der Waals surface area contributed by atoms with Crippen LogP contribution in [0.5, 0.6) is 0 Å². The van der Waals surface area contributed by atoms with Gasteiger partial charge in [-0.25, -0.2) is 20.2 Å². The summed E-state index contributed by atoms with van der Waals surface area (Å²) in [6.07, 6.45) is 1.84. The molecule has 0 spiro atoms. The molecule has 0 aliphatic carbocycles. The van der Waals surface area contributed by atoms with E-state index in [1.807, 2.05) is 6.26 Å². The van der Waals surface area contributed by atoms with Gasteiger partial charge in [0.1, 0.15) is 11.6 Å². The highest BCUT2D eigenvalue weighted by Gasteiger charge is 2.09. The van der Waals surface area contributed by atoms with Crippen LogP contribution < -0.4 is 16.6 Å². The summed E-state index contributed by atoms with van der Waals surface area (Å²) in [6.45, 7) is 0. The first-order valence-electron chi connectivity index (χ1n) is 5.34. The lowest BCUT2D eigenvalue weighted by Crippen LogP contribution is -2.10. The molecule has 0 bridgehead atoms. The molecule has 4 N–H and O–H groups in total. The van der Waals surface area contributed by atoms with E-state index >= 15 is 0 Å². The van der Waals surface area contributed by atoms with Gasteiger partial charge >= 0.3 is 0 Å². The molecule has 0 saturated carbocycles. The second-order valence-electron chi connectivity index (χ2n) is 3.65. The Morgan fingerprint density at radius 3 is 2.30 bits per heavy atom. The van der Waals surface area contributed by atoms with Crippen molar-refractivity contribution in [1.29, 1.82) is 0 Å². The van der Waals surface area contributed by atoms with E-state index < -0.39 is 5.82 Å². The van der Waals surface area contributed by atoms with E-state index in [0.717, 1.165) is 0 Å². The molecule has 1 aromatic carbocycles. The van der Waals surface area contributed by atoms with Crippen molar-refractivity contribution in [2.24, 2.45) is 5.84 Å². The minimum atomic E-state index is -0.657. The maximum absolute atomic E-state index is 13.3. The fourth-order valence-electron chi connectivity index (χ4n) is 1.43. The van der Waals surface area contributed by atoms with Crippen molar-refractivity contribution in [3.8, 4) is 0 Å². The summed E-state index contributed by atoms with van der Waals surface area (Å²) >= 11 is 12.8. The number of nitrogens with zero attached hydrogens (tertiary/aromatic N) is 2. The monoisotopic (exact) mass is 333 g/mol. The Bertz CT molecular complexity index is 595. The number of aromatic nitrogens is 2. The summed E-state index contributed by atoms with van der Waals surface area (Å²) < 4.78 is 13.3. The second kappa shape index (κ2) is 6.45. The molecular formula is C11H10Cl2FN5S. The number of benzene rings is 1. The van der Waals surface area contributed by atoms with Gasteiger partial charge in [-0.15, -0.1) is 0 Å². The average Bonchev–Trinajstić information content (AvgIpc) is 2.44. The number of nitrogens with one attached hydrogen (secondary N) is 2. The molecule has 0 amide bonds. The van der Waals surface area contributed by atoms with Gasteiger partial charge in [-0.05, 0) is 18.4 Å². The molecule has 9 heteroatoms. The zero-order valence-corrected chi connectivity index (χ0v) is 12.6. The van der Waals surface area contributed by atoms with Gasteiger partial charge in [0, 0.05) is 11.8 Å². The summed E-state index contributed by atoms with van der Waals surface area (Å²) in [6, 6.07) is 4.43. The van der Waals surface area contributed by atoms with E-state index in [4.69, 9.17) is 29.0 Å². The van der Waals surface area contributed by atoms with Crippen molar-refractivity contribution in [3.05, 3.63) is 34.1 Å². The minimum Gasteiger partial charge on any atom is -0.340 e. The van der Waals surface area contributed by atoms with E-state index in [-0.39, 0.29) is 10.0 Å². The van der Waals surface area contributed by atoms with Crippen molar-refractivity contribution < 1.29 is 4.39 Å². The number of anilines is 3. The van der Waals surface area contributed by atoms with Crippen LogP contribution in [0.3, 0.4) is 0 Å². The van der Waals surface area contributed by atoms with E-state index in [1.165, 1.54) is 23.9 Å². The van der Waals surface area contributed by atoms with Crippen LogP contribution in [-0.2, 0) is 0 Å². The SMILES string of the molecule is CSc1nc(NN)cc(Nc2cc(Cl)c(F)c(Cl)c2)n1. The Kier molecular flexibility index (Phi) is 4.87. The molecule has 0 fully saturated rings. The quantitative estimate of drug-likeness (QED) is 0.260. The fourth-order valence-corrected chi connectivity index (χ4v) is 2.30. The number of rotatable bonds is 4. The van der Waals surface area contributed by atoms with E-state index in [2.05, 4.69) is 20.7 Å². The number of hydrazine groups is 1. The molecular weight excluding hydrogens is 324 g/mol. The second-order valence-corrected chi connectivity index (χ2v) is 5.24. The van der Waals surface area contributed by atoms with Crippen molar-refractivity contribution >= 4 is 52.3 Å². The molecule has 2 rings (SSSR count). The lowest BCUT2D eigenvalue weighted by molar-refractivity contribution is 0.629. The predicted molar refractivity (Wildman–Crippen MR) is 81.3 cm³/mol. The molecule has 2 aromatic rings. The van der Waals surface area contributed by atoms with Gasteiger partial charge in [0.2, 0.25) is 0 Å². The minimum absolute atomic E-state index is 0.0729. The maximum Gasteiger partial charge on any atom is 0.191 e. The van der Waals surface area contributed by atoms with Crippen LogP contribution in [0.4, 0.5) is 21.7 Å². The fraction of sp³-hybridized carbons (Fsp3) is 0.0909. The van der Waals surface area contributed by atoms with Gasteiger partial charge in [0.25, 0.3) is 0 Å². The number of nitrogen functional groups attached to an aromatic ring is 1. The summed E-state index contributed by atoms with van der Waals surface area (Å²) in [7, 11) is 0. The Hall–Kier alpha value is -1.28. The number of thioether (sulfide) groups is 1. The third-order valence-corrected chi connectivity index (χ3v) is 3.39. The Labute approximate surface area is 129 Å². The van der Waals surface area contributed by atoms with Crippen LogP contribution in [0.25, 0.3) is 0 Å². The third kappa shape index (κ3) is 3.43. The van der Waals surface area contributed by atoms with Gasteiger partial charge in [-0.1, -0.05) is 35.0 Å². The number of halogens is 3. The maximum atomic E-state index is 13.3. The van der Waals surface area contributed by atoms with E-state index in [1.54, 1.807) is 6.07 Å². The van der Waals surface area contributed by atoms with Crippen molar-refractivity contribution in [2.45, 2.75) is 5.16 Å². The molecule has 1 heterocycles. The molecule has 20 heavy (non-hydrogen) atoms. The first-order chi connectivity index (χ1) is 9.53. The number of nitrogens with two attached hydrogens (primary N) is 1. The summed E-state index contributed by atoms with van der Waals surface area (Å²) in [5.41, 5.74) is 2.95. The smallest absolute Gasteiger partial charge is 0.191 e. The Balaban J connectivity index is 2.34. The predicted octanol–water partition coefficient (Wildman–Crippen LogP) is 3.67. The number of hydrogen-bond acceptors (Lipinski definition) is 6. The van der Waals surface area contributed by atoms with Gasteiger partial charge < -0.3 is 10.7 Å². The van der Waals surface area contributed by atoms with Gasteiger partial charge in [0.15, 0.2) is 11.0 Å². The summed E-state index contributed by atoms with van der Waals surface area (Å²) in [5, 5.41) is 3.35. The first kappa shape index (κ1) is 15.1. The third-order valence-electron chi connectivity index (χ3n) is 2.29. The molecule has 0 aliphatic rings. The normalized spacial score (nSPS) is 10.4. The van der Waals surface area contributed by atoms with Crippen molar-refractivity contribution in [2.75, 3.05) is 17.0 Å². The van der Waals surface area contributed by atoms with Crippen molar-refractivity contribution in [1.82, 2.24) is 9.97 Å². The zero-order chi connectivity index (χ0) is 14.7. The highest BCUT2D eigenvalue weighted by Crippen LogP contribution is 2.29. The van der Waals surface area contributed by atoms with Gasteiger partial charge in [-0.3, -0.25) is 0 Å². The summed E-state index contributed by atoms with van der Waals surface area (Å²) in [5.74, 6) is 5.61. The molecule has 0 atom stereocenters. The molecule has 106 valence electrons. The molecule has 1 aromatic heterocycles. The topological polar surface area (TPSA) is 75.9 Å². The molecule has 0 saturated heterocycles. The van der Waals surface area contributed by atoms with Crippen LogP contribution in [-0.4, -0.2) is 16.2 Å². The number of hydrogen-bond donors (Lipinski definition) is 3. The van der Waals surface area contributed by atoms with Crippen LogP contribution in [0.2, 0.25) is 10.0 Å². The lowest BCUT2D eigenvalue weighted by atomic mass is 10.3. The molecule has 5 nitrogen and oxygen atoms in total. The van der Waals surface area contributed by atoms with Gasteiger partial charge in [0.05, 0.1) is 10.0 Å². The standard InChI is InChI=1S/C11H10Cl2FN5S/c1-20-11-17-8(4-9(18-11)19-15)16-5-2-6(12)10(14)7(13)3-5/h2-4H,15H2,1H3,(H2,16,17,18,19). The van der Waals surface area contributed by atoms with Gasteiger partial charge in [-0.2, -0.15) is 0 Å². The largest absolute Gasteiger partial charge is 0.340 e. The van der Waals surface area contributed by atoms with Crippen LogP contribution >= 0.6 is 35.0 Å². The van der Waals surface area contributed by atoms with Crippen LogP contribution in [0, 0.1) is 5.82 Å². The highest BCUT2D eigenvalue weighted by atomic mass is 35.5. The van der Waals surface area contributed by atoms with Crippen LogP contribution in [0.15, 0.2) is 23.4 Å². The Morgan fingerprint density at radius 1 is 1.15 bits per heavy atom. The first-order valence-corrected chi connectivity index (χ1v) is 7.33. The summed E-state index contributed by atoms with van der Waals surface area (Å²) in [4.78, 5) is 8.37. The van der Waals surface area contributed by atoms with Crippen LogP contribution in [0.1, 0.15) is 0 Å². The van der Waals surface area contributed by atoms with E-state index in [9.17, 15) is 4.39 Å². The van der Waals surface area contributed by atoms with Crippen molar-refractivity contribution in [3.63, 3.8) is 0 Å². The molecule has 0 unspecified atom stereocenters. The van der Waals surface area contributed by atoms with E-state index in [0.29, 0.717) is 22.5 Å².